The Labute approximate surface area is 111 Å². The molecule has 0 unspecified atom stereocenters. The van der Waals surface area contributed by atoms with Gasteiger partial charge >= 0.3 is 0 Å². The van der Waals surface area contributed by atoms with Crippen molar-refractivity contribution in [1.82, 2.24) is 5.16 Å². The number of nitrogens with one attached hydrogen (secondary N) is 1. The lowest BCUT2D eigenvalue weighted by atomic mass is 10.2. The Morgan fingerprint density at radius 3 is 2.72 bits per heavy atom. The lowest BCUT2D eigenvalue weighted by Gasteiger charge is -2.07. The lowest BCUT2D eigenvalue weighted by Crippen LogP contribution is -2.13. The van der Waals surface area contributed by atoms with Gasteiger partial charge in [0.05, 0.1) is 4.47 Å². The van der Waals surface area contributed by atoms with Crippen molar-refractivity contribution in [3.8, 4) is 0 Å². The van der Waals surface area contributed by atoms with Gasteiger partial charge in [-0.3, -0.25) is 4.79 Å². The van der Waals surface area contributed by atoms with Crippen LogP contribution in [0.4, 0.5) is 10.1 Å². The van der Waals surface area contributed by atoms with Crippen LogP contribution in [0.25, 0.3) is 0 Å². The van der Waals surface area contributed by atoms with E-state index in [1.54, 1.807) is 19.9 Å². The molecule has 1 N–H and O–H groups in total. The largest absolute Gasteiger partial charge is 0.361 e. The summed E-state index contributed by atoms with van der Waals surface area (Å²) < 4.78 is 18.5. The average molecular weight is 313 g/mol. The number of rotatable bonds is 2. The fraction of sp³-hybridized carbons (Fsp3) is 0.167. The zero-order valence-electron chi connectivity index (χ0n) is 9.75. The predicted molar refractivity (Wildman–Crippen MR) is 68.0 cm³/mol. The minimum atomic E-state index is -0.438. The summed E-state index contributed by atoms with van der Waals surface area (Å²) in [5.74, 6) is -0.331. The third-order valence-electron chi connectivity index (χ3n) is 2.38. The Morgan fingerprint density at radius 1 is 1.39 bits per heavy atom. The van der Waals surface area contributed by atoms with Gasteiger partial charge in [-0.15, -0.1) is 0 Å². The van der Waals surface area contributed by atoms with Crippen LogP contribution in [-0.2, 0) is 0 Å². The molecule has 1 amide bonds. The molecule has 0 saturated carbocycles. The minimum Gasteiger partial charge on any atom is -0.361 e. The number of aryl methyl sites for hydroxylation is 2. The van der Waals surface area contributed by atoms with Crippen molar-refractivity contribution in [2.75, 3.05) is 5.32 Å². The lowest BCUT2D eigenvalue weighted by molar-refractivity contribution is 0.101. The minimum absolute atomic E-state index is 0.162. The SMILES string of the molecule is Cc1cc(C(=O)Nc2cc(F)c(Br)cc2C)no1. The second-order valence-corrected chi connectivity index (χ2v) is 4.71. The zero-order chi connectivity index (χ0) is 13.3. The zero-order valence-corrected chi connectivity index (χ0v) is 11.3. The van der Waals surface area contributed by atoms with Gasteiger partial charge in [0.15, 0.2) is 5.69 Å². The van der Waals surface area contributed by atoms with E-state index in [2.05, 4.69) is 26.4 Å². The smallest absolute Gasteiger partial charge is 0.277 e. The van der Waals surface area contributed by atoms with E-state index in [1.807, 2.05) is 0 Å². The topological polar surface area (TPSA) is 55.1 Å². The molecule has 0 aliphatic carbocycles. The van der Waals surface area contributed by atoms with E-state index < -0.39 is 11.7 Å². The van der Waals surface area contributed by atoms with Crippen molar-refractivity contribution in [2.24, 2.45) is 0 Å². The van der Waals surface area contributed by atoms with Crippen LogP contribution in [0, 0.1) is 19.7 Å². The molecule has 0 fully saturated rings. The van der Waals surface area contributed by atoms with E-state index in [-0.39, 0.29) is 5.69 Å². The first-order chi connectivity index (χ1) is 8.47. The number of aromatic nitrogens is 1. The van der Waals surface area contributed by atoms with Crippen LogP contribution in [0.3, 0.4) is 0 Å². The number of anilines is 1. The maximum absolute atomic E-state index is 13.4. The number of carbonyl (C=O) groups is 1. The molecular formula is C12H10BrFN2O2. The number of nitrogens with zero attached hydrogens (tertiary/aromatic N) is 1. The van der Waals surface area contributed by atoms with Gasteiger partial charge in [0.25, 0.3) is 5.91 Å². The molecule has 94 valence electrons. The number of hydrogen-bond donors (Lipinski definition) is 1. The Bertz CT molecular complexity index is 610. The van der Waals surface area contributed by atoms with Gasteiger partial charge in [-0.25, -0.2) is 4.39 Å². The first kappa shape index (κ1) is 12.8. The van der Waals surface area contributed by atoms with Gasteiger partial charge in [0, 0.05) is 11.8 Å². The average Bonchev–Trinajstić information content (AvgIpc) is 2.73. The Morgan fingerprint density at radius 2 is 2.11 bits per heavy atom. The molecule has 4 nitrogen and oxygen atoms in total. The molecule has 0 aliphatic rings. The van der Waals surface area contributed by atoms with Crippen molar-refractivity contribution < 1.29 is 13.7 Å². The van der Waals surface area contributed by atoms with Gasteiger partial charge in [-0.05, 0) is 47.5 Å². The molecule has 0 spiro atoms. The predicted octanol–water partition coefficient (Wildman–Crippen LogP) is 3.45. The molecule has 1 aromatic carbocycles. The number of carbonyl (C=O) groups excluding carboxylic acids is 1. The molecule has 0 aliphatic heterocycles. The highest BCUT2D eigenvalue weighted by molar-refractivity contribution is 9.10. The highest BCUT2D eigenvalue weighted by atomic mass is 79.9. The van der Waals surface area contributed by atoms with Crippen molar-refractivity contribution in [2.45, 2.75) is 13.8 Å². The van der Waals surface area contributed by atoms with Crippen LogP contribution >= 0.6 is 15.9 Å². The monoisotopic (exact) mass is 312 g/mol. The van der Waals surface area contributed by atoms with Crippen molar-refractivity contribution in [3.63, 3.8) is 0 Å². The van der Waals surface area contributed by atoms with Crippen LogP contribution < -0.4 is 5.32 Å². The molecule has 0 radical (unpaired) electrons. The summed E-state index contributed by atoms with van der Waals surface area (Å²) >= 11 is 3.08. The summed E-state index contributed by atoms with van der Waals surface area (Å²) in [7, 11) is 0. The Hall–Kier alpha value is -1.69. The van der Waals surface area contributed by atoms with Gasteiger partial charge in [0.1, 0.15) is 11.6 Å². The van der Waals surface area contributed by atoms with Crippen molar-refractivity contribution >= 4 is 27.5 Å². The van der Waals surface area contributed by atoms with Crippen LogP contribution in [0.5, 0.6) is 0 Å². The van der Waals surface area contributed by atoms with Gasteiger partial charge in [-0.1, -0.05) is 5.16 Å². The number of halogens is 2. The highest BCUT2D eigenvalue weighted by Crippen LogP contribution is 2.24. The second kappa shape index (κ2) is 4.89. The van der Waals surface area contributed by atoms with Crippen LogP contribution in [0.2, 0.25) is 0 Å². The first-order valence-electron chi connectivity index (χ1n) is 5.17. The summed E-state index contributed by atoms with van der Waals surface area (Å²) in [5.41, 5.74) is 1.31. The third-order valence-corrected chi connectivity index (χ3v) is 2.98. The van der Waals surface area contributed by atoms with Crippen molar-refractivity contribution in [3.05, 3.63) is 45.5 Å². The van der Waals surface area contributed by atoms with E-state index in [9.17, 15) is 9.18 Å². The molecule has 6 heteroatoms. The van der Waals surface area contributed by atoms with Gasteiger partial charge in [-0.2, -0.15) is 0 Å². The number of benzene rings is 1. The molecule has 0 atom stereocenters. The molecular weight excluding hydrogens is 303 g/mol. The first-order valence-corrected chi connectivity index (χ1v) is 5.97. The molecule has 0 saturated heterocycles. The van der Waals surface area contributed by atoms with Gasteiger partial charge in [0.2, 0.25) is 0 Å². The summed E-state index contributed by atoms with van der Waals surface area (Å²) in [6.07, 6.45) is 0. The van der Waals surface area contributed by atoms with E-state index in [4.69, 9.17) is 4.52 Å². The Balaban J connectivity index is 2.24. The molecule has 18 heavy (non-hydrogen) atoms. The van der Waals surface area contributed by atoms with Crippen LogP contribution in [0.1, 0.15) is 21.8 Å². The molecule has 0 bridgehead atoms. The Kier molecular flexibility index (Phi) is 3.47. The summed E-state index contributed by atoms with van der Waals surface area (Å²) in [6.45, 7) is 3.46. The van der Waals surface area contributed by atoms with Crippen molar-refractivity contribution in [1.29, 1.82) is 0 Å². The maximum Gasteiger partial charge on any atom is 0.277 e. The summed E-state index contributed by atoms with van der Waals surface area (Å²) in [4.78, 5) is 11.8. The van der Waals surface area contributed by atoms with Crippen LogP contribution in [0.15, 0.2) is 27.2 Å². The summed E-state index contributed by atoms with van der Waals surface area (Å²) in [5, 5.41) is 6.18. The van der Waals surface area contributed by atoms with E-state index in [0.29, 0.717) is 15.9 Å². The standard InChI is InChI=1S/C12H10BrFN2O2/c1-6-3-8(13)9(14)5-10(6)15-12(17)11-4-7(2)18-16-11/h3-5H,1-2H3,(H,15,17). The maximum atomic E-state index is 13.4. The second-order valence-electron chi connectivity index (χ2n) is 3.86. The summed E-state index contributed by atoms with van der Waals surface area (Å²) in [6, 6.07) is 4.36. The third kappa shape index (κ3) is 2.59. The number of amides is 1. The quantitative estimate of drug-likeness (QED) is 0.924. The van der Waals surface area contributed by atoms with Crippen LogP contribution in [-0.4, -0.2) is 11.1 Å². The fourth-order valence-electron chi connectivity index (χ4n) is 1.44. The molecule has 1 heterocycles. The van der Waals surface area contributed by atoms with E-state index in [0.717, 1.165) is 5.56 Å². The fourth-order valence-corrected chi connectivity index (χ4v) is 1.90. The molecule has 2 aromatic rings. The molecule has 2 rings (SSSR count). The van der Waals surface area contributed by atoms with Gasteiger partial charge < -0.3 is 9.84 Å². The van der Waals surface area contributed by atoms with E-state index >= 15 is 0 Å². The molecule has 1 aromatic heterocycles. The highest BCUT2D eigenvalue weighted by Gasteiger charge is 2.13. The normalized spacial score (nSPS) is 10.4. The number of hydrogen-bond acceptors (Lipinski definition) is 3. The van der Waals surface area contributed by atoms with E-state index in [1.165, 1.54) is 12.1 Å².